The molecule has 3 aromatic carbocycles. The summed E-state index contributed by atoms with van der Waals surface area (Å²) in [6.45, 7) is 0. The lowest BCUT2D eigenvalue weighted by atomic mass is 9.97. The summed E-state index contributed by atoms with van der Waals surface area (Å²) in [7, 11) is 0. The molecule has 1 nitrogen and oxygen atoms in total. The third kappa shape index (κ3) is 3.23. The van der Waals surface area contributed by atoms with Crippen LogP contribution in [0.4, 0.5) is 0 Å². The van der Waals surface area contributed by atoms with E-state index in [9.17, 15) is 0 Å². The Hall–Kier alpha value is -1.54. The minimum Gasteiger partial charge on any atom is -0.324 e. The molecule has 0 aromatic heterocycles. The molecule has 0 saturated heterocycles. The molecule has 2 unspecified atom stereocenters. The van der Waals surface area contributed by atoms with Crippen molar-refractivity contribution in [2.24, 2.45) is 5.73 Å². The van der Waals surface area contributed by atoms with Crippen molar-refractivity contribution in [1.82, 2.24) is 0 Å². The van der Waals surface area contributed by atoms with Crippen LogP contribution < -0.4 is 5.73 Å². The minimum atomic E-state index is -0.115. The summed E-state index contributed by atoms with van der Waals surface area (Å²) in [4.78, 5) is 0. The number of fused-ring (bicyclic) bond motifs is 1. The molecule has 1 fully saturated rings. The molecule has 4 rings (SSSR count). The second-order valence-electron chi connectivity index (χ2n) is 6.40. The van der Waals surface area contributed by atoms with Gasteiger partial charge in [0.15, 0.2) is 0 Å². The Morgan fingerprint density at radius 1 is 0.957 bits per heavy atom. The van der Waals surface area contributed by atoms with Crippen molar-refractivity contribution in [3.63, 3.8) is 0 Å². The van der Waals surface area contributed by atoms with Crippen molar-refractivity contribution < 1.29 is 0 Å². The summed E-state index contributed by atoms with van der Waals surface area (Å²) in [5.41, 5.74) is 9.11. The van der Waals surface area contributed by atoms with Crippen LogP contribution in [0.3, 0.4) is 0 Å². The molecular weight excluding hydrogens is 325 g/mol. The highest BCUT2D eigenvalue weighted by molar-refractivity contribution is 6.30. The molecule has 0 heterocycles. The quantitative estimate of drug-likeness (QED) is 0.682. The first-order valence-corrected chi connectivity index (χ1v) is 8.04. The van der Waals surface area contributed by atoms with Crippen molar-refractivity contribution in [3.05, 3.63) is 82.9 Å². The molecule has 3 aromatic rings. The maximum atomic E-state index is 6.60. The van der Waals surface area contributed by atoms with E-state index in [1.807, 2.05) is 12.1 Å². The molecule has 2 atom stereocenters. The molecule has 0 bridgehead atoms. The van der Waals surface area contributed by atoms with Gasteiger partial charge in [-0.15, -0.1) is 12.4 Å². The topological polar surface area (TPSA) is 26.0 Å². The average molecular weight is 344 g/mol. The first-order valence-electron chi connectivity index (χ1n) is 7.66. The van der Waals surface area contributed by atoms with Gasteiger partial charge in [-0.3, -0.25) is 0 Å². The second kappa shape index (κ2) is 6.16. The maximum Gasteiger partial charge on any atom is 0.0406 e. The molecule has 1 aliphatic carbocycles. The van der Waals surface area contributed by atoms with Crippen LogP contribution in [0.25, 0.3) is 10.8 Å². The van der Waals surface area contributed by atoms with Crippen molar-refractivity contribution >= 4 is 34.8 Å². The summed E-state index contributed by atoms with van der Waals surface area (Å²) in [6.07, 6.45) is 1.96. The molecule has 1 aliphatic rings. The lowest BCUT2D eigenvalue weighted by molar-refractivity contribution is 0.646. The van der Waals surface area contributed by atoms with E-state index in [1.165, 1.54) is 21.9 Å². The van der Waals surface area contributed by atoms with E-state index in [0.29, 0.717) is 5.92 Å². The van der Waals surface area contributed by atoms with E-state index in [-0.39, 0.29) is 17.9 Å². The lowest BCUT2D eigenvalue weighted by Crippen LogP contribution is -2.27. The van der Waals surface area contributed by atoms with Crippen molar-refractivity contribution in [2.75, 3.05) is 0 Å². The molecule has 2 N–H and O–H groups in total. The second-order valence-corrected chi connectivity index (χ2v) is 6.84. The standard InChI is InChI=1S/C20H18ClN.ClH/c21-18-9-7-16(8-10-18)19-13-20(19,22)12-14-5-6-15-3-1-2-4-17(15)11-14;/h1-11,19H,12-13,22H2;1H. The molecular formula is C20H19Cl2N. The van der Waals surface area contributed by atoms with Gasteiger partial charge in [0.1, 0.15) is 0 Å². The highest BCUT2D eigenvalue weighted by Crippen LogP contribution is 2.51. The largest absolute Gasteiger partial charge is 0.324 e. The van der Waals surface area contributed by atoms with Gasteiger partial charge in [0.2, 0.25) is 0 Å². The number of hydrogen-bond donors (Lipinski definition) is 1. The van der Waals surface area contributed by atoms with Crippen LogP contribution in [0.15, 0.2) is 66.7 Å². The highest BCUT2D eigenvalue weighted by Gasteiger charge is 2.51. The third-order valence-corrected chi connectivity index (χ3v) is 4.99. The Labute approximate surface area is 147 Å². The van der Waals surface area contributed by atoms with Crippen molar-refractivity contribution in [3.8, 4) is 0 Å². The Balaban J connectivity index is 0.00000156. The molecule has 0 amide bonds. The summed E-state index contributed by atoms with van der Waals surface area (Å²) < 4.78 is 0. The van der Waals surface area contributed by atoms with E-state index in [1.54, 1.807) is 0 Å². The average Bonchev–Trinajstić information content (AvgIpc) is 3.19. The van der Waals surface area contributed by atoms with Crippen LogP contribution in [0.2, 0.25) is 5.02 Å². The minimum absolute atomic E-state index is 0. The van der Waals surface area contributed by atoms with Gasteiger partial charge >= 0.3 is 0 Å². The van der Waals surface area contributed by atoms with Crippen LogP contribution in [0, 0.1) is 0 Å². The van der Waals surface area contributed by atoms with Gasteiger partial charge in [0.05, 0.1) is 0 Å². The van der Waals surface area contributed by atoms with E-state index in [2.05, 4.69) is 54.6 Å². The summed E-state index contributed by atoms with van der Waals surface area (Å²) in [5.74, 6) is 0.441. The molecule has 3 heteroatoms. The number of benzene rings is 3. The van der Waals surface area contributed by atoms with E-state index in [0.717, 1.165) is 17.9 Å². The van der Waals surface area contributed by atoms with Gasteiger partial charge in [-0.1, -0.05) is 66.2 Å². The fraction of sp³-hybridized carbons (Fsp3) is 0.200. The Morgan fingerprint density at radius 2 is 1.65 bits per heavy atom. The van der Waals surface area contributed by atoms with Gasteiger partial charge in [-0.2, -0.15) is 0 Å². The maximum absolute atomic E-state index is 6.60. The Kier molecular flexibility index (Phi) is 4.37. The van der Waals surface area contributed by atoms with Crippen LogP contribution in [-0.2, 0) is 6.42 Å². The normalized spacial score (nSPS) is 22.6. The first kappa shape index (κ1) is 16.3. The van der Waals surface area contributed by atoms with Gasteiger partial charge in [0, 0.05) is 16.5 Å². The zero-order chi connectivity index (χ0) is 15.2. The summed E-state index contributed by atoms with van der Waals surface area (Å²) in [6, 6.07) is 23.2. The Bertz CT molecular complexity index is 828. The fourth-order valence-electron chi connectivity index (χ4n) is 3.39. The highest BCUT2D eigenvalue weighted by atomic mass is 35.5. The number of nitrogens with two attached hydrogens (primary N) is 1. The van der Waals surface area contributed by atoms with E-state index in [4.69, 9.17) is 17.3 Å². The zero-order valence-electron chi connectivity index (χ0n) is 12.7. The monoisotopic (exact) mass is 343 g/mol. The van der Waals surface area contributed by atoms with E-state index >= 15 is 0 Å². The van der Waals surface area contributed by atoms with Gasteiger partial charge in [0.25, 0.3) is 0 Å². The van der Waals surface area contributed by atoms with Crippen LogP contribution in [0.5, 0.6) is 0 Å². The molecule has 0 spiro atoms. The lowest BCUT2D eigenvalue weighted by Gasteiger charge is -2.13. The molecule has 23 heavy (non-hydrogen) atoms. The van der Waals surface area contributed by atoms with Crippen molar-refractivity contribution in [1.29, 1.82) is 0 Å². The van der Waals surface area contributed by atoms with Gasteiger partial charge in [-0.25, -0.2) is 0 Å². The van der Waals surface area contributed by atoms with Gasteiger partial charge in [-0.05, 0) is 46.9 Å². The van der Waals surface area contributed by atoms with Gasteiger partial charge < -0.3 is 5.73 Å². The number of halogens is 2. The van der Waals surface area contributed by atoms with E-state index < -0.39 is 0 Å². The Morgan fingerprint density at radius 3 is 2.39 bits per heavy atom. The molecule has 118 valence electrons. The number of hydrogen-bond acceptors (Lipinski definition) is 1. The van der Waals surface area contributed by atoms with Crippen LogP contribution >= 0.6 is 24.0 Å². The molecule has 0 radical (unpaired) electrons. The first-order chi connectivity index (χ1) is 10.6. The fourth-order valence-corrected chi connectivity index (χ4v) is 3.52. The van der Waals surface area contributed by atoms with Crippen LogP contribution in [0.1, 0.15) is 23.5 Å². The summed E-state index contributed by atoms with van der Waals surface area (Å²) in [5, 5.41) is 3.34. The number of rotatable bonds is 3. The SMILES string of the molecule is Cl.NC1(Cc2ccc3ccccc3c2)CC1c1ccc(Cl)cc1. The van der Waals surface area contributed by atoms with Crippen molar-refractivity contribution in [2.45, 2.75) is 24.3 Å². The predicted octanol–water partition coefficient (Wildman–Crippen LogP) is 5.34. The molecule has 1 saturated carbocycles. The molecule has 0 aliphatic heterocycles. The third-order valence-electron chi connectivity index (χ3n) is 4.74. The predicted molar refractivity (Wildman–Crippen MR) is 101 cm³/mol. The van der Waals surface area contributed by atoms with Crippen LogP contribution in [-0.4, -0.2) is 5.54 Å². The summed E-state index contributed by atoms with van der Waals surface area (Å²) >= 11 is 5.96. The smallest absolute Gasteiger partial charge is 0.0406 e. The zero-order valence-corrected chi connectivity index (χ0v) is 14.3.